The first kappa shape index (κ1) is 16.1. The zero-order chi connectivity index (χ0) is 15.9. The molecule has 0 aliphatic heterocycles. The molecule has 0 aliphatic rings. The molecule has 3 heteroatoms. The lowest BCUT2D eigenvalue weighted by Gasteiger charge is -2.26. The molecular weight excluding hydrogens is 274 g/mol. The molecule has 0 radical (unpaired) electrons. The third-order valence-corrected chi connectivity index (χ3v) is 4.03. The topological polar surface area (TPSA) is 29.5 Å². The number of nitrogens with zero attached hydrogens (tertiary/aromatic N) is 1. The number of benzene rings is 2. The standard InChI is InChI=1S/C19H23NO2/c1-15(17-11-7-8-12-18(17)22-3)20(2)19(21)14-13-16-9-5-4-6-10-16/h4-12,15H,13-14H2,1-3H3. The minimum Gasteiger partial charge on any atom is -0.496 e. The maximum absolute atomic E-state index is 12.4. The Morgan fingerprint density at radius 3 is 2.41 bits per heavy atom. The highest BCUT2D eigenvalue weighted by molar-refractivity contribution is 5.76. The summed E-state index contributed by atoms with van der Waals surface area (Å²) in [5.74, 6) is 0.958. The smallest absolute Gasteiger partial charge is 0.223 e. The molecule has 0 fully saturated rings. The van der Waals surface area contributed by atoms with Crippen molar-refractivity contribution in [3.8, 4) is 5.75 Å². The third-order valence-electron chi connectivity index (χ3n) is 4.03. The Bertz CT molecular complexity index is 610. The number of carbonyl (C=O) groups is 1. The Labute approximate surface area is 132 Å². The largest absolute Gasteiger partial charge is 0.496 e. The molecule has 1 unspecified atom stereocenters. The van der Waals surface area contributed by atoms with Gasteiger partial charge in [0, 0.05) is 19.0 Å². The predicted molar refractivity (Wildman–Crippen MR) is 88.9 cm³/mol. The van der Waals surface area contributed by atoms with Crippen molar-refractivity contribution in [2.45, 2.75) is 25.8 Å². The highest BCUT2D eigenvalue weighted by atomic mass is 16.5. The first-order chi connectivity index (χ1) is 10.6. The molecule has 2 aromatic rings. The van der Waals surface area contributed by atoms with Crippen molar-refractivity contribution in [3.63, 3.8) is 0 Å². The van der Waals surface area contributed by atoms with E-state index in [9.17, 15) is 4.79 Å². The minimum absolute atomic E-state index is 0.0144. The third kappa shape index (κ3) is 3.88. The van der Waals surface area contributed by atoms with Crippen LogP contribution < -0.4 is 4.74 Å². The average molecular weight is 297 g/mol. The molecule has 3 nitrogen and oxygen atoms in total. The first-order valence-electron chi connectivity index (χ1n) is 7.56. The van der Waals surface area contributed by atoms with Crippen molar-refractivity contribution in [1.82, 2.24) is 4.90 Å². The van der Waals surface area contributed by atoms with Crippen LogP contribution in [-0.4, -0.2) is 25.0 Å². The van der Waals surface area contributed by atoms with Crippen molar-refractivity contribution in [2.75, 3.05) is 14.2 Å². The number of rotatable bonds is 6. The highest BCUT2D eigenvalue weighted by Crippen LogP contribution is 2.28. The fraction of sp³-hybridized carbons (Fsp3) is 0.316. The fourth-order valence-electron chi connectivity index (χ4n) is 2.51. The number of hydrogen-bond donors (Lipinski definition) is 0. The summed E-state index contributed by atoms with van der Waals surface area (Å²) in [4.78, 5) is 14.2. The quantitative estimate of drug-likeness (QED) is 0.810. The van der Waals surface area contributed by atoms with Gasteiger partial charge in [0.1, 0.15) is 5.75 Å². The SMILES string of the molecule is COc1ccccc1C(C)N(C)C(=O)CCc1ccccc1. The van der Waals surface area contributed by atoms with E-state index in [0.29, 0.717) is 6.42 Å². The summed E-state index contributed by atoms with van der Waals surface area (Å²) in [5, 5.41) is 0. The van der Waals surface area contributed by atoms with E-state index in [0.717, 1.165) is 17.7 Å². The van der Waals surface area contributed by atoms with Crippen LogP contribution >= 0.6 is 0 Å². The van der Waals surface area contributed by atoms with Crippen LogP contribution in [0.3, 0.4) is 0 Å². The molecule has 0 saturated heterocycles. The minimum atomic E-state index is -0.0144. The van der Waals surface area contributed by atoms with Gasteiger partial charge in [0.05, 0.1) is 13.2 Å². The lowest BCUT2D eigenvalue weighted by atomic mass is 10.0. The van der Waals surface area contributed by atoms with Crippen LogP contribution in [0.4, 0.5) is 0 Å². The zero-order valence-corrected chi connectivity index (χ0v) is 13.5. The Hall–Kier alpha value is -2.29. The second-order valence-corrected chi connectivity index (χ2v) is 5.41. The normalized spacial score (nSPS) is 11.8. The van der Waals surface area contributed by atoms with Crippen molar-refractivity contribution in [2.24, 2.45) is 0 Å². The number of methoxy groups -OCH3 is 1. The van der Waals surface area contributed by atoms with E-state index in [1.807, 2.05) is 56.4 Å². The second-order valence-electron chi connectivity index (χ2n) is 5.41. The van der Waals surface area contributed by atoms with Crippen LogP contribution in [0.5, 0.6) is 5.75 Å². The Morgan fingerprint density at radius 1 is 1.09 bits per heavy atom. The zero-order valence-electron chi connectivity index (χ0n) is 13.5. The number of aryl methyl sites for hydroxylation is 1. The van der Waals surface area contributed by atoms with Crippen LogP contribution in [0.2, 0.25) is 0 Å². The van der Waals surface area contributed by atoms with Gasteiger partial charge in [-0.15, -0.1) is 0 Å². The van der Waals surface area contributed by atoms with Crippen LogP contribution in [0.1, 0.15) is 30.5 Å². The van der Waals surface area contributed by atoms with E-state index in [2.05, 4.69) is 12.1 Å². The molecule has 0 heterocycles. The van der Waals surface area contributed by atoms with Crippen LogP contribution in [0.25, 0.3) is 0 Å². The lowest BCUT2D eigenvalue weighted by Crippen LogP contribution is -2.30. The second kappa shape index (κ2) is 7.64. The molecule has 1 amide bonds. The number of para-hydroxylation sites is 1. The predicted octanol–water partition coefficient (Wildman–Crippen LogP) is 3.85. The number of ether oxygens (including phenoxy) is 1. The summed E-state index contributed by atoms with van der Waals surface area (Å²) >= 11 is 0. The van der Waals surface area contributed by atoms with E-state index < -0.39 is 0 Å². The average Bonchev–Trinajstić information content (AvgIpc) is 2.59. The van der Waals surface area contributed by atoms with Gasteiger partial charge in [-0.25, -0.2) is 0 Å². The van der Waals surface area contributed by atoms with Crippen LogP contribution in [0.15, 0.2) is 54.6 Å². The van der Waals surface area contributed by atoms with Crippen molar-refractivity contribution >= 4 is 5.91 Å². The van der Waals surface area contributed by atoms with Gasteiger partial charge in [-0.05, 0) is 25.0 Å². The summed E-state index contributed by atoms with van der Waals surface area (Å²) in [6, 6.07) is 17.9. The van der Waals surface area contributed by atoms with Gasteiger partial charge in [0.15, 0.2) is 0 Å². The summed E-state index contributed by atoms with van der Waals surface area (Å²) in [7, 11) is 3.51. The van der Waals surface area contributed by atoms with Gasteiger partial charge in [-0.3, -0.25) is 4.79 Å². The molecule has 2 rings (SSSR count). The van der Waals surface area contributed by atoms with Gasteiger partial charge in [-0.1, -0.05) is 48.5 Å². The molecule has 22 heavy (non-hydrogen) atoms. The molecule has 0 N–H and O–H groups in total. The summed E-state index contributed by atoms with van der Waals surface area (Å²) in [6.07, 6.45) is 1.28. The molecule has 0 spiro atoms. The van der Waals surface area contributed by atoms with Gasteiger partial charge < -0.3 is 9.64 Å². The van der Waals surface area contributed by atoms with E-state index in [1.165, 1.54) is 5.56 Å². The van der Waals surface area contributed by atoms with Crippen molar-refractivity contribution in [3.05, 3.63) is 65.7 Å². The van der Waals surface area contributed by atoms with Gasteiger partial charge >= 0.3 is 0 Å². The maximum Gasteiger partial charge on any atom is 0.223 e. The number of carbonyl (C=O) groups excluding carboxylic acids is 1. The Balaban J connectivity index is 2.00. The summed E-state index contributed by atoms with van der Waals surface area (Å²) < 4.78 is 5.39. The monoisotopic (exact) mass is 297 g/mol. The van der Waals surface area contributed by atoms with Gasteiger partial charge in [0.25, 0.3) is 0 Å². The van der Waals surface area contributed by atoms with Gasteiger partial charge in [-0.2, -0.15) is 0 Å². The Kier molecular flexibility index (Phi) is 5.59. The Morgan fingerprint density at radius 2 is 1.73 bits per heavy atom. The summed E-state index contributed by atoms with van der Waals surface area (Å²) in [6.45, 7) is 2.03. The fourth-order valence-corrected chi connectivity index (χ4v) is 2.51. The maximum atomic E-state index is 12.4. The van der Waals surface area contributed by atoms with E-state index in [-0.39, 0.29) is 11.9 Å². The van der Waals surface area contributed by atoms with Crippen molar-refractivity contribution < 1.29 is 9.53 Å². The molecule has 2 aromatic carbocycles. The van der Waals surface area contributed by atoms with Crippen LogP contribution in [0, 0.1) is 0 Å². The molecular formula is C19H23NO2. The first-order valence-corrected chi connectivity index (χ1v) is 7.56. The summed E-state index contributed by atoms with van der Waals surface area (Å²) in [5.41, 5.74) is 2.22. The van der Waals surface area contributed by atoms with E-state index in [4.69, 9.17) is 4.74 Å². The van der Waals surface area contributed by atoms with E-state index in [1.54, 1.807) is 12.0 Å². The van der Waals surface area contributed by atoms with Gasteiger partial charge in [0.2, 0.25) is 5.91 Å². The molecule has 0 saturated carbocycles. The highest BCUT2D eigenvalue weighted by Gasteiger charge is 2.19. The van der Waals surface area contributed by atoms with E-state index >= 15 is 0 Å². The molecule has 0 aromatic heterocycles. The van der Waals surface area contributed by atoms with Crippen LogP contribution in [-0.2, 0) is 11.2 Å². The molecule has 0 aliphatic carbocycles. The van der Waals surface area contributed by atoms with Crippen molar-refractivity contribution in [1.29, 1.82) is 0 Å². The molecule has 1 atom stereocenters. The number of amides is 1. The number of hydrogen-bond acceptors (Lipinski definition) is 2. The molecule has 0 bridgehead atoms. The molecule has 116 valence electrons. The lowest BCUT2D eigenvalue weighted by molar-refractivity contribution is -0.131.